The van der Waals surface area contributed by atoms with Crippen molar-refractivity contribution < 1.29 is 4.79 Å². The van der Waals surface area contributed by atoms with Crippen LogP contribution in [0.1, 0.15) is 12.1 Å². The summed E-state index contributed by atoms with van der Waals surface area (Å²) in [6.45, 7) is 2.60. The molecule has 1 amide bonds. The second-order valence-corrected chi connectivity index (χ2v) is 3.90. The number of anilines is 1. The summed E-state index contributed by atoms with van der Waals surface area (Å²) in [5, 5.41) is 2.85. The number of rotatable bonds is 4. The van der Waals surface area contributed by atoms with Crippen LogP contribution in [-0.4, -0.2) is 15.5 Å². The first-order valence-electron chi connectivity index (χ1n) is 5.57. The van der Waals surface area contributed by atoms with Crippen molar-refractivity contribution in [2.24, 2.45) is 0 Å². The van der Waals surface area contributed by atoms with Crippen molar-refractivity contribution in [3.05, 3.63) is 48.5 Å². The normalized spacial score (nSPS) is 10.2. The molecule has 0 fully saturated rings. The third-order valence-corrected chi connectivity index (χ3v) is 2.44. The van der Waals surface area contributed by atoms with E-state index >= 15 is 0 Å². The van der Waals surface area contributed by atoms with Gasteiger partial charge in [0.15, 0.2) is 0 Å². The molecule has 4 heteroatoms. The van der Waals surface area contributed by atoms with Crippen LogP contribution in [-0.2, 0) is 11.3 Å². The monoisotopic (exact) mass is 229 g/mol. The molecule has 2 aromatic rings. The topological polar surface area (TPSA) is 46.9 Å². The van der Waals surface area contributed by atoms with Crippen molar-refractivity contribution >= 4 is 11.6 Å². The zero-order valence-corrected chi connectivity index (χ0v) is 9.76. The number of nitrogens with one attached hydrogen (secondary N) is 1. The zero-order chi connectivity index (χ0) is 12.1. The lowest BCUT2D eigenvalue weighted by Gasteiger charge is -2.06. The Balaban J connectivity index is 1.85. The summed E-state index contributed by atoms with van der Waals surface area (Å²) in [5.74, 6) is 0.0179. The molecular formula is C13H15N3O. The first-order chi connectivity index (χ1) is 8.24. The van der Waals surface area contributed by atoms with E-state index in [0.29, 0.717) is 13.0 Å². The number of hydrogen-bond donors (Lipinski definition) is 1. The zero-order valence-electron chi connectivity index (χ0n) is 9.76. The highest BCUT2D eigenvalue weighted by molar-refractivity contribution is 5.90. The van der Waals surface area contributed by atoms with Gasteiger partial charge in [-0.1, -0.05) is 0 Å². The highest BCUT2D eigenvalue weighted by Gasteiger charge is 2.02. The van der Waals surface area contributed by atoms with Crippen LogP contribution in [0.3, 0.4) is 0 Å². The number of aromatic nitrogens is 2. The number of aryl methyl sites for hydroxylation is 2. The fraction of sp³-hybridized carbons (Fsp3) is 0.231. The van der Waals surface area contributed by atoms with Crippen LogP contribution in [0.2, 0.25) is 0 Å². The van der Waals surface area contributed by atoms with Crippen molar-refractivity contribution in [3.63, 3.8) is 0 Å². The van der Waals surface area contributed by atoms with Gasteiger partial charge in [0, 0.05) is 42.9 Å². The molecule has 0 bridgehead atoms. The van der Waals surface area contributed by atoms with Crippen molar-refractivity contribution in [2.75, 3.05) is 5.32 Å². The van der Waals surface area contributed by atoms with E-state index in [2.05, 4.69) is 10.3 Å². The van der Waals surface area contributed by atoms with Gasteiger partial charge in [0.05, 0.1) is 0 Å². The number of nitrogens with zero attached hydrogens (tertiary/aromatic N) is 2. The summed E-state index contributed by atoms with van der Waals surface area (Å²) in [6.07, 6.45) is 6.06. The molecule has 0 saturated heterocycles. The van der Waals surface area contributed by atoms with Gasteiger partial charge in [-0.05, 0) is 31.2 Å². The van der Waals surface area contributed by atoms with Crippen LogP contribution in [0.15, 0.2) is 42.9 Å². The van der Waals surface area contributed by atoms with Crippen molar-refractivity contribution in [2.45, 2.75) is 19.9 Å². The molecule has 2 heterocycles. The van der Waals surface area contributed by atoms with Gasteiger partial charge in [-0.25, -0.2) is 0 Å². The largest absolute Gasteiger partial charge is 0.354 e. The second-order valence-electron chi connectivity index (χ2n) is 3.90. The minimum atomic E-state index is 0.0179. The van der Waals surface area contributed by atoms with Crippen LogP contribution >= 0.6 is 0 Å². The van der Waals surface area contributed by atoms with Gasteiger partial charge in [-0.2, -0.15) is 0 Å². The predicted molar refractivity (Wildman–Crippen MR) is 66.7 cm³/mol. The van der Waals surface area contributed by atoms with Crippen molar-refractivity contribution in [1.29, 1.82) is 0 Å². The number of carbonyl (C=O) groups excluding carboxylic acids is 1. The maximum atomic E-state index is 11.7. The molecule has 4 nitrogen and oxygen atoms in total. The third kappa shape index (κ3) is 3.45. The standard InChI is InChI=1S/C13H15N3O/c1-11-10-12(4-6-14-11)15-13(17)5-9-16-7-2-3-8-16/h2-4,6-8,10H,5,9H2,1H3,(H,14,15,17). The molecule has 0 spiro atoms. The molecule has 0 saturated carbocycles. The fourth-order valence-corrected chi connectivity index (χ4v) is 1.60. The van der Waals surface area contributed by atoms with Gasteiger partial charge in [0.25, 0.3) is 0 Å². The molecule has 0 aliphatic rings. The quantitative estimate of drug-likeness (QED) is 0.873. The van der Waals surface area contributed by atoms with Crippen LogP contribution in [0, 0.1) is 6.92 Å². The Hall–Kier alpha value is -2.10. The van der Waals surface area contributed by atoms with E-state index in [0.717, 1.165) is 11.4 Å². The predicted octanol–water partition coefficient (Wildman–Crippen LogP) is 2.22. The number of hydrogen-bond acceptors (Lipinski definition) is 2. The molecule has 0 atom stereocenters. The van der Waals surface area contributed by atoms with Gasteiger partial charge >= 0.3 is 0 Å². The highest BCUT2D eigenvalue weighted by Crippen LogP contribution is 2.07. The first-order valence-corrected chi connectivity index (χ1v) is 5.57. The molecule has 0 radical (unpaired) electrons. The molecule has 17 heavy (non-hydrogen) atoms. The van der Waals surface area contributed by atoms with E-state index in [1.165, 1.54) is 0 Å². The smallest absolute Gasteiger partial charge is 0.226 e. The van der Waals surface area contributed by atoms with Gasteiger partial charge in [0.1, 0.15) is 0 Å². The van der Waals surface area contributed by atoms with Gasteiger partial charge in [-0.3, -0.25) is 9.78 Å². The molecule has 0 aromatic carbocycles. The summed E-state index contributed by atoms with van der Waals surface area (Å²) in [5.41, 5.74) is 1.70. The van der Waals surface area contributed by atoms with Gasteiger partial charge in [-0.15, -0.1) is 0 Å². The van der Waals surface area contributed by atoms with Crippen molar-refractivity contribution in [1.82, 2.24) is 9.55 Å². The van der Waals surface area contributed by atoms with E-state index in [1.54, 1.807) is 12.3 Å². The lowest BCUT2D eigenvalue weighted by atomic mass is 10.3. The number of amides is 1. The Morgan fingerprint density at radius 1 is 1.41 bits per heavy atom. The lowest BCUT2D eigenvalue weighted by molar-refractivity contribution is -0.116. The number of carbonyl (C=O) groups is 1. The minimum Gasteiger partial charge on any atom is -0.354 e. The Bertz CT molecular complexity index is 491. The van der Waals surface area contributed by atoms with Crippen molar-refractivity contribution in [3.8, 4) is 0 Å². The van der Waals surface area contributed by atoms with E-state index < -0.39 is 0 Å². The molecular weight excluding hydrogens is 214 g/mol. The molecule has 88 valence electrons. The van der Waals surface area contributed by atoms with Crippen LogP contribution in [0.4, 0.5) is 5.69 Å². The Kier molecular flexibility index (Phi) is 3.55. The molecule has 2 rings (SSSR count). The second kappa shape index (κ2) is 5.30. The fourth-order valence-electron chi connectivity index (χ4n) is 1.60. The van der Waals surface area contributed by atoms with E-state index in [4.69, 9.17) is 0 Å². The van der Waals surface area contributed by atoms with E-state index in [9.17, 15) is 4.79 Å². The van der Waals surface area contributed by atoms with Crippen LogP contribution in [0.25, 0.3) is 0 Å². The SMILES string of the molecule is Cc1cc(NC(=O)CCn2cccc2)ccn1. The van der Waals surface area contributed by atoms with Crippen LogP contribution < -0.4 is 5.32 Å². The summed E-state index contributed by atoms with van der Waals surface area (Å²) < 4.78 is 1.98. The molecule has 1 N–H and O–H groups in total. The Morgan fingerprint density at radius 2 is 2.18 bits per heavy atom. The summed E-state index contributed by atoms with van der Waals surface area (Å²) in [7, 11) is 0. The minimum absolute atomic E-state index is 0.0179. The highest BCUT2D eigenvalue weighted by atomic mass is 16.1. The lowest BCUT2D eigenvalue weighted by Crippen LogP contribution is -2.14. The maximum Gasteiger partial charge on any atom is 0.226 e. The molecule has 0 aliphatic carbocycles. The Morgan fingerprint density at radius 3 is 2.88 bits per heavy atom. The first kappa shape index (κ1) is 11.4. The van der Waals surface area contributed by atoms with Gasteiger partial charge in [0.2, 0.25) is 5.91 Å². The Labute approximate surface area is 100 Å². The summed E-state index contributed by atoms with van der Waals surface area (Å²) >= 11 is 0. The van der Waals surface area contributed by atoms with Gasteiger partial charge < -0.3 is 9.88 Å². The van der Waals surface area contributed by atoms with E-state index in [1.807, 2.05) is 42.1 Å². The maximum absolute atomic E-state index is 11.7. The van der Waals surface area contributed by atoms with E-state index in [-0.39, 0.29) is 5.91 Å². The summed E-state index contributed by atoms with van der Waals surface area (Å²) in [4.78, 5) is 15.8. The average Bonchev–Trinajstić information content (AvgIpc) is 2.79. The molecule has 0 unspecified atom stereocenters. The number of pyridine rings is 1. The van der Waals surface area contributed by atoms with Crippen LogP contribution in [0.5, 0.6) is 0 Å². The molecule has 2 aromatic heterocycles. The third-order valence-electron chi connectivity index (χ3n) is 2.44. The molecule has 0 aliphatic heterocycles. The summed E-state index contributed by atoms with van der Waals surface area (Å²) in [6, 6.07) is 7.54. The average molecular weight is 229 g/mol.